The molecule has 3 amide bonds. The van der Waals surface area contributed by atoms with Gasteiger partial charge in [-0.15, -0.1) is 11.3 Å². The summed E-state index contributed by atoms with van der Waals surface area (Å²) in [5.41, 5.74) is 14.1. The molecule has 1 aromatic rings. The molecule has 10 heteroatoms. The number of urea groups is 1. The number of hydrogen-bond donors (Lipinski definition) is 3. The van der Waals surface area contributed by atoms with E-state index in [1.54, 1.807) is 11.3 Å². The Labute approximate surface area is 187 Å². The summed E-state index contributed by atoms with van der Waals surface area (Å²) < 4.78 is 12.6. The van der Waals surface area contributed by atoms with Crippen molar-refractivity contribution in [3.05, 3.63) is 10.4 Å². The fourth-order valence-corrected chi connectivity index (χ4v) is 5.95. The fourth-order valence-electron chi connectivity index (χ4n) is 4.88. The van der Waals surface area contributed by atoms with Crippen LogP contribution in [0.5, 0.6) is 0 Å². The standard InChI is InChI=1S/C21H35FN6O2S/c1-26(2)7-4-8-28(21(30)25-6-5-22)20(29)14-9-13-10-15-17(31-19(24)18(15)23)11-16(13)27(3)12-14/h13-14,16H,4-12,23-24H2,1-3H3,(H,25,30)/t13-,14-,16-/m1/s1. The first-order chi connectivity index (χ1) is 14.7. The summed E-state index contributed by atoms with van der Waals surface area (Å²) in [7, 11) is 5.94. The van der Waals surface area contributed by atoms with Gasteiger partial charge in [0, 0.05) is 30.6 Å². The Morgan fingerprint density at radius 3 is 2.68 bits per heavy atom. The van der Waals surface area contributed by atoms with Gasteiger partial charge in [-0.05, 0) is 64.9 Å². The lowest BCUT2D eigenvalue weighted by Gasteiger charge is -2.45. The number of nitrogen functional groups attached to an aromatic ring is 2. The van der Waals surface area contributed by atoms with Crippen molar-refractivity contribution in [1.82, 2.24) is 20.0 Å². The van der Waals surface area contributed by atoms with Crippen LogP contribution in [0.2, 0.25) is 0 Å². The molecule has 3 rings (SSSR count). The van der Waals surface area contributed by atoms with Gasteiger partial charge >= 0.3 is 6.03 Å². The largest absolute Gasteiger partial charge is 0.396 e. The number of piperidine rings is 1. The third kappa shape index (κ3) is 5.30. The van der Waals surface area contributed by atoms with E-state index in [-0.39, 0.29) is 24.3 Å². The van der Waals surface area contributed by atoms with Gasteiger partial charge in [0.2, 0.25) is 5.91 Å². The molecule has 0 radical (unpaired) electrons. The topological polar surface area (TPSA) is 108 Å². The number of halogens is 1. The molecule has 0 saturated carbocycles. The maximum absolute atomic E-state index is 13.4. The van der Waals surface area contributed by atoms with E-state index in [2.05, 4.69) is 10.2 Å². The number of carbonyl (C=O) groups is 2. The number of rotatable bonds is 7. The maximum Gasteiger partial charge on any atom is 0.324 e. The van der Waals surface area contributed by atoms with Crippen LogP contribution in [0, 0.1) is 11.8 Å². The lowest BCUT2D eigenvalue weighted by Crippen LogP contribution is -2.55. The van der Waals surface area contributed by atoms with Gasteiger partial charge in [-0.1, -0.05) is 0 Å². The highest BCUT2D eigenvalue weighted by Gasteiger charge is 2.42. The molecule has 0 aromatic carbocycles. The van der Waals surface area contributed by atoms with Gasteiger partial charge in [-0.25, -0.2) is 9.18 Å². The predicted octanol–water partition coefficient (Wildman–Crippen LogP) is 1.41. The molecule has 2 aliphatic rings. The molecule has 0 bridgehead atoms. The Morgan fingerprint density at radius 2 is 2.00 bits per heavy atom. The number of imide groups is 1. The van der Waals surface area contributed by atoms with E-state index in [0.717, 1.165) is 24.9 Å². The van der Waals surface area contributed by atoms with Crippen LogP contribution in [-0.4, -0.2) is 86.7 Å². The molecule has 1 aliphatic carbocycles. The van der Waals surface area contributed by atoms with Gasteiger partial charge in [0.15, 0.2) is 0 Å². The number of hydrogen-bond acceptors (Lipinski definition) is 7. The average molecular weight is 455 g/mol. The van der Waals surface area contributed by atoms with Crippen LogP contribution >= 0.6 is 11.3 Å². The van der Waals surface area contributed by atoms with E-state index in [9.17, 15) is 14.0 Å². The quantitative estimate of drug-likeness (QED) is 0.575. The fraction of sp³-hybridized carbons (Fsp3) is 0.714. The van der Waals surface area contributed by atoms with E-state index < -0.39 is 12.7 Å². The summed E-state index contributed by atoms with van der Waals surface area (Å²) in [5, 5.41) is 3.19. The SMILES string of the molecule is CN(C)CCCN(C(=O)NCCF)C(=O)[C@@H]1C[C@@H]2Cc3c(sc(N)c3N)C[C@H]2N(C)C1. The normalized spacial score (nSPS) is 23.3. The predicted molar refractivity (Wildman–Crippen MR) is 123 cm³/mol. The summed E-state index contributed by atoms with van der Waals surface area (Å²) in [6, 6.07) is -0.163. The Hall–Kier alpha value is -1.91. The van der Waals surface area contributed by atoms with Gasteiger partial charge in [0.1, 0.15) is 11.7 Å². The van der Waals surface area contributed by atoms with Crippen molar-refractivity contribution in [3.63, 3.8) is 0 Å². The minimum atomic E-state index is -0.658. The van der Waals surface area contributed by atoms with Gasteiger partial charge in [-0.3, -0.25) is 9.69 Å². The number of thiophene rings is 1. The number of nitrogens with zero attached hydrogens (tertiary/aromatic N) is 3. The zero-order valence-corrected chi connectivity index (χ0v) is 19.5. The third-order valence-electron chi connectivity index (χ3n) is 6.45. The first-order valence-corrected chi connectivity index (χ1v) is 11.7. The van der Waals surface area contributed by atoms with Crippen molar-refractivity contribution in [3.8, 4) is 0 Å². The Balaban J connectivity index is 1.73. The maximum atomic E-state index is 13.4. The van der Waals surface area contributed by atoms with Crippen LogP contribution in [-0.2, 0) is 17.6 Å². The van der Waals surface area contributed by atoms with Crippen LogP contribution in [0.15, 0.2) is 0 Å². The van der Waals surface area contributed by atoms with Gasteiger partial charge in [0.25, 0.3) is 0 Å². The first-order valence-electron chi connectivity index (χ1n) is 10.9. The van der Waals surface area contributed by atoms with E-state index in [1.807, 2.05) is 26.0 Å². The number of anilines is 2. The molecule has 3 atom stereocenters. The van der Waals surface area contributed by atoms with E-state index in [0.29, 0.717) is 42.7 Å². The van der Waals surface area contributed by atoms with Crippen molar-refractivity contribution in [2.75, 3.05) is 65.5 Å². The lowest BCUT2D eigenvalue weighted by molar-refractivity contribution is -0.136. The summed E-state index contributed by atoms with van der Waals surface area (Å²) in [5.74, 6) is -0.168. The second-order valence-corrected chi connectivity index (χ2v) is 10.1. The molecule has 1 aromatic heterocycles. The highest BCUT2D eigenvalue weighted by atomic mass is 32.1. The first kappa shape index (κ1) is 23.7. The highest BCUT2D eigenvalue weighted by Crippen LogP contribution is 2.44. The number of nitrogens with one attached hydrogen (secondary N) is 1. The molecule has 2 heterocycles. The second kappa shape index (κ2) is 10.1. The minimum absolute atomic E-state index is 0.0901. The van der Waals surface area contributed by atoms with Crippen molar-refractivity contribution in [2.24, 2.45) is 11.8 Å². The monoisotopic (exact) mass is 454 g/mol. The molecule has 31 heavy (non-hydrogen) atoms. The average Bonchev–Trinajstić information content (AvgIpc) is 3.00. The van der Waals surface area contributed by atoms with Crippen LogP contribution < -0.4 is 16.8 Å². The number of likely N-dealkylation sites (N-methyl/N-ethyl adjacent to an activating group) is 1. The third-order valence-corrected chi connectivity index (χ3v) is 7.54. The van der Waals surface area contributed by atoms with Crippen LogP contribution in [0.1, 0.15) is 23.3 Å². The molecule has 0 spiro atoms. The molecule has 0 unspecified atom stereocenters. The lowest BCUT2D eigenvalue weighted by atomic mass is 9.74. The zero-order valence-electron chi connectivity index (χ0n) is 18.7. The number of fused-ring (bicyclic) bond motifs is 2. The highest BCUT2D eigenvalue weighted by molar-refractivity contribution is 7.16. The summed E-state index contributed by atoms with van der Waals surface area (Å²) in [6.45, 7) is 0.938. The van der Waals surface area contributed by atoms with Crippen molar-refractivity contribution in [2.45, 2.75) is 31.7 Å². The van der Waals surface area contributed by atoms with Gasteiger partial charge < -0.3 is 26.6 Å². The van der Waals surface area contributed by atoms with Crippen molar-refractivity contribution in [1.29, 1.82) is 0 Å². The molecular formula is C21H35FN6O2S. The summed E-state index contributed by atoms with van der Waals surface area (Å²) in [4.78, 5) is 32.8. The van der Waals surface area contributed by atoms with Crippen molar-refractivity contribution < 1.29 is 14.0 Å². The molecule has 8 nitrogen and oxygen atoms in total. The van der Waals surface area contributed by atoms with E-state index >= 15 is 0 Å². The molecular weight excluding hydrogens is 419 g/mol. The second-order valence-electron chi connectivity index (χ2n) is 8.96. The van der Waals surface area contributed by atoms with Gasteiger partial charge in [0.05, 0.1) is 11.6 Å². The van der Waals surface area contributed by atoms with E-state index in [4.69, 9.17) is 11.5 Å². The number of likely N-dealkylation sites (tertiary alicyclic amines) is 1. The van der Waals surface area contributed by atoms with Crippen LogP contribution in [0.3, 0.4) is 0 Å². The minimum Gasteiger partial charge on any atom is -0.396 e. The molecule has 5 N–H and O–H groups in total. The molecule has 174 valence electrons. The summed E-state index contributed by atoms with van der Waals surface area (Å²) >= 11 is 1.57. The van der Waals surface area contributed by atoms with Gasteiger partial charge in [-0.2, -0.15) is 0 Å². The Bertz CT molecular complexity index is 801. The Morgan fingerprint density at radius 1 is 1.26 bits per heavy atom. The van der Waals surface area contributed by atoms with Crippen LogP contribution in [0.25, 0.3) is 0 Å². The van der Waals surface area contributed by atoms with E-state index in [1.165, 1.54) is 9.78 Å². The molecule has 1 saturated heterocycles. The summed E-state index contributed by atoms with van der Waals surface area (Å²) in [6.07, 6.45) is 3.09. The number of alkyl halides is 1. The number of nitrogens with two attached hydrogens (primary N) is 2. The number of amides is 3. The zero-order chi connectivity index (χ0) is 22.7. The van der Waals surface area contributed by atoms with Crippen molar-refractivity contribution >= 4 is 34.0 Å². The molecule has 1 fully saturated rings. The Kier molecular flexibility index (Phi) is 7.77. The molecule has 1 aliphatic heterocycles. The number of carbonyl (C=O) groups excluding carboxylic acids is 2. The smallest absolute Gasteiger partial charge is 0.324 e. The van der Waals surface area contributed by atoms with Crippen LogP contribution in [0.4, 0.5) is 19.9 Å².